The van der Waals surface area contributed by atoms with Crippen LogP contribution in [0.5, 0.6) is 0 Å². The summed E-state index contributed by atoms with van der Waals surface area (Å²) in [4.78, 5) is 4.34. The van der Waals surface area contributed by atoms with Gasteiger partial charge in [0.05, 0.1) is 5.52 Å². The maximum Gasteiger partial charge on any atom is 0.0719 e. The summed E-state index contributed by atoms with van der Waals surface area (Å²) in [7, 11) is 0. The van der Waals surface area contributed by atoms with Crippen LogP contribution in [0.2, 0.25) is 5.02 Å². The number of alkyl halides is 1. The van der Waals surface area contributed by atoms with E-state index < -0.39 is 0 Å². The van der Waals surface area contributed by atoms with E-state index in [1.807, 2.05) is 24.4 Å². The predicted molar refractivity (Wildman–Crippen MR) is 72.8 cm³/mol. The number of hydrogen-bond acceptors (Lipinski definition) is 1. The molecule has 0 amide bonds. The Morgan fingerprint density at radius 2 is 2.12 bits per heavy atom. The minimum absolute atomic E-state index is 0.260. The Labute approximate surface area is 111 Å². The van der Waals surface area contributed by atoms with Crippen LogP contribution in [0.1, 0.15) is 18.4 Å². The highest BCUT2D eigenvalue weighted by Crippen LogP contribution is 2.37. The molecule has 1 aliphatic carbocycles. The molecule has 1 heterocycles. The summed E-state index contributed by atoms with van der Waals surface area (Å²) in [5.41, 5.74) is 2.23. The van der Waals surface area contributed by atoms with Crippen molar-refractivity contribution in [2.45, 2.75) is 24.6 Å². The second kappa shape index (κ2) is 4.47. The second-order valence-corrected chi connectivity index (χ2v) is 5.69. The monoisotopic (exact) mass is 265 g/mol. The topological polar surface area (TPSA) is 12.9 Å². The maximum atomic E-state index is 6.40. The molecule has 1 aromatic carbocycles. The molecule has 1 nitrogen and oxygen atoms in total. The lowest BCUT2D eigenvalue weighted by Crippen LogP contribution is -2.06. The highest BCUT2D eigenvalue weighted by molar-refractivity contribution is 6.31. The lowest BCUT2D eigenvalue weighted by atomic mass is 10.0. The first kappa shape index (κ1) is 11.3. The fourth-order valence-corrected chi connectivity index (χ4v) is 2.78. The van der Waals surface area contributed by atoms with Crippen LogP contribution in [0, 0.1) is 5.92 Å². The summed E-state index contributed by atoms with van der Waals surface area (Å²) < 4.78 is 0. The van der Waals surface area contributed by atoms with Gasteiger partial charge in [-0.3, -0.25) is 4.98 Å². The number of rotatable bonds is 3. The number of nitrogens with zero attached hydrogens (tertiary/aromatic N) is 1. The number of benzene rings is 1. The zero-order valence-corrected chi connectivity index (χ0v) is 10.9. The quantitative estimate of drug-likeness (QED) is 0.748. The van der Waals surface area contributed by atoms with Crippen molar-refractivity contribution in [2.24, 2.45) is 5.92 Å². The van der Waals surface area contributed by atoms with Crippen molar-refractivity contribution in [1.82, 2.24) is 4.98 Å². The van der Waals surface area contributed by atoms with Gasteiger partial charge in [-0.05, 0) is 48.9 Å². The van der Waals surface area contributed by atoms with Crippen LogP contribution in [0.4, 0.5) is 0 Å². The van der Waals surface area contributed by atoms with Crippen molar-refractivity contribution in [1.29, 1.82) is 0 Å². The van der Waals surface area contributed by atoms with Crippen molar-refractivity contribution in [3.63, 3.8) is 0 Å². The molecule has 0 N–H and O–H groups in total. The standard InChI is InChI=1S/C14H13Cl2N/c15-11-3-4-12-10(5-6-17-14(12)8-11)7-13(16)9-1-2-9/h3-6,8-9,13H,1-2,7H2. The number of hydrogen-bond donors (Lipinski definition) is 0. The molecule has 0 spiro atoms. The van der Waals surface area contributed by atoms with Crippen LogP contribution in [0.3, 0.4) is 0 Å². The third-order valence-electron chi connectivity index (χ3n) is 3.34. The summed E-state index contributed by atoms with van der Waals surface area (Å²) in [6.45, 7) is 0. The zero-order valence-electron chi connectivity index (χ0n) is 9.37. The molecule has 3 heteroatoms. The van der Waals surface area contributed by atoms with E-state index >= 15 is 0 Å². The Morgan fingerprint density at radius 1 is 1.29 bits per heavy atom. The molecule has 1 unspecified atom stereocenters. The van der Waals surface area contributed by atoms with Crippen LogP contribution in [0.15, 0.2) is 30.5 Å². The van der Waals surface area contributed by atoms with Gasteiger partial charge in [-0.2, -0.15) is 0 Å². The fourth-order valence-electron chi connectivity index (χ4n) is 2.19. The van der Waals surface area contributed by atoms with Gasteiger partial charge in [0, 0.05) is 22.0 Å². The van der Waals surface area contributed by atoms with Gasteiger partial charge in [0.2, 0.25) is 0 Å². The number of aromatic nitrogens is 1. The summed E-state index contributed by atoms with van der Waals surface area (Å²) in [6, 6.07) is 7.92. The first-order valence-electron chi connectivity index (χ1n) is 5.91. The third-order valence-corrected chi connectivity index (χ3v) is 4.09. The van der Waals surface area contributed by atoms with Crippen molar-refractivity contribution in [2.75, 3.05) is 0 Å². The molecule has 88 valence electrons. The van der Waals surface area contributed by atoms with Gasteiger partial charge in [0.15, 0.2) is 0 Å². The molecule has 1 aromatic heterocycles. The molecule has 3 rings (SSSR count). The highest BCUT2D eigenvalue weighted by Gasteiger charge is 2.29. The summed E-state index contributed by atoms with van der Waals surface area (Å²) >= 11 is 12.4. The molecule has 1 aliphatic rings. The first-order valence-corrected chi connectivity index (χ1v) is 6.73. The van der Waals surface area contributed by atoms with Gasteiger partial charge >= 0.3 is 0 Å². The van der Waals surface area contributed by atoms with Crippen LogP contribution in [-0.4, -0.2) is 10.4 Å². The molecular weight excluding hydrogens is 253 g/mol. The summed E-state index contributed by atoms with van der Waals surface area (Å²) in [5.74, 6) is 0.715. The van der Waals surface area contributed by atoms with Gasteiger partial charge in [0.1, 0.15) is 0 Å². The Kier molecular flexibility index (Phi) is 2.97. The van der Waals surface area contributed by atoms with Crippen molar-refractivity contribution in [3.8, 4) is 0 Å². The molecule has 2 aromatic rings. The van der Waals surface area contributed by atoms with Crippen LogP contribution in [0.25, 0.3) is 10.9 Å². The lowest BCUT2D eigenvalue weighted by molar-refractivity contribution is 0.740. The normalized spacial score (nSPS) is 17.3. The van der Waals surface area contributed by atoms with Gasteiger partial charge in [0.25, 0.3) is 0 Å². The fraction of sp³-hybridized carbons (Fsp3) is 0.357. The Balaban J connectivity index is 1.97. The molecule has 1 saturated carbocycles. The van der Waals surface area contributed by atoms with Gasteiger partial charge in [-0.1, -0.05) is 17.7 Å². The third kappa shape index (κ3) is 2.41. The van der Waals surface area contributed by atoms with Crippen molar-refractivity contribution < 1.29 is 0 Å². The van der Waals surface area contributed by atoms with E-state index in [2.05, 4.69) is 11.1 Å². The van der Waals surface area contributed by atoms with E-state index in [0.29, 0.717) is 5.92 Å². The predicted octanol–water partition coefficient (Wildman–Crippen LogP) is 4.45. The maximum absolute atomic E-state index is 6.40. The molecule has 0 bridgehead atoms. The average Bonchev–Trinajstić information content (AvgIpc) is 3.12. The Morgan fingerprint density at radius 3 is 2.88 bits per heavy atom. The summed E-state index contributed by atoms with van der Waals surface area (Å²) in [5, 5.41) is 2.16. The second-order valence-electron chi connectivity index (χ2n) is 4.69. The van der Waals surface area contributed by atoms with Gasteiger partial charge in [-0.15, -0.1) is 11.6 Å². The molecular formula is C14H13Cl2N. The minimum Gasteiger partial charge on any atom is -0.256 e. The first-order chi connectivity index (χ1) is 8.24. The van der Waals surface area contributed by atoms with E-state index in [9.17, 15) is 0 Å². The minimum atomic E-state index is 0.260. The van der Waals surface area contributed by atoms with E-state index in [0.717, 1.165) is 17.0 Å². The SMILES string of the molecule is Clc1ccc2c(CC(Cl)C3CC3)ccnc2c1. The number of pyridine rings is 1. The smallest absolute Gasteiger partial charge is 0.0719 e. The molecule has 0 aliphatic heterocycles. The van der Waals surface area contributed by atoms with E-state index in [-0.39, 0.29) is 5.38 Å². The van der Waals surface area contributed by atoms with Crippen molar-refractivity contribution in [3.05, 3.63) is 41.0 Å². The highest BCUT2D eigenvalue weighted by atomic mass is 35.5. The lowest BCUT2D eigenvalue weighted by Gasteiger charge is -2.10. The van der Waals surface area contributed by atoms with E-state index in [4.69, 9.17) is 23.2 Å². The molecule has 17 heavy (non-hydrogen) atoms. The van der Waals surface area contributed by atoms with Gasteiger partial charge < -0.3 is 0 Å². The largest absolute Gasteiger partial charge is 0.256 e. The Bertz CT molecular complexity index is 549. The Hall–Kier alpha value is -0.790. The van der Waals surface area contributed by atoms with Gasteiger partial charge in [-0.25, -0.2) is 0 Å². The molecule has 1 atom stereocenters. The molecule has 0 radical (unpaired) electrons. The van der Waals surface area contributed by atoms with Crippen LogP contribution < -0.4 is 0 Å². The van der Waals surface area contributed by atoms with Crippen molar-refractivity contribution >= 4 is 34.1 Å². The van der Waals surface area contributed by atoms with E-state index in [1.54, 1.807) is 0 Å². The van der Waals surface area contributed by atoms with Crippen LogP contribution >= 0.6 is 23.2 Å². The number of halogens is 2. The molecule has 1 fully saturated rings. The van der Waals surface area contributed by atoms with Crippen LogP contribution in [-0.2, 0) is 6.42 Å². The van der Waals surface area contributed by atoms with E-state index in [1.165, 1.54) is 23.8 Å². The summed E-state index contributed by atoms with van der Waals surface area (Å²) in [6.07, 6.45) is 5.32. The number of fused-ring (bicyclic) bond motifs is 1. The average molecular weight is 266 g/mol. The molecule has 0 saturated heterocycles. The zero-order chi connectivity index (χ0) is 11.8.